The SMILES string of the molecule is [B]c1c([B])c([B])c(N2c3ccc4c(c3)N(c3cc(C(C)(C)C)cc5c3B4c3cc4c(cc3N5c3c(C)cccc3C)C(C)(C)CCC4(C)C)c3c(C)cccc3[B]c3c([B])c([B])c([B])c([B])c32)c([B])c1[B]. The lowest BCUT2D eigenvalue weighted by molar-refractivity contribution is 0.332. The number of hydrogen-bond acceptors (Lipinski definition) is 3. The molecule has 0 spiro atoms. The quantitative estimate of drug-likeness (QED) is 0.240. The number of hydrogen-bond donors (Lipinski definition) is 0. The third-order valence-electron chi connectivity index (χ3n) is 16.4. The van der Waals surface area contributed by atoms with E-state index in [9.17, 15) is 0 Å². The Bertz CT molecular complexity index is 3470. The van der Waals surface area contributed by atoms with Crippen LogP contribution in [0.3, 0.4) is 0 Å². The first-order valence-corrected chi connectivity index (χ1v) is 24.5. The standard InChI is InChI=1S/C57H47B11N3/c1-26-13-11-14-27(2)51(26)70-37-25-32-31(56(7,8)19-20-57(32,9)10)24-35(37)68-34-18-17-30-23-36(34)71(39-22-29(55(4,5)6)21-38(70)50(39)68)52-28(3)15-12-16-33(52)67-49-45(63)41(59)44(62)48(66)54(49)69(30)53-46(64)42(60)40(58)43(61)47(53)65/h11-18,21-25H,19-20H2,1-10H3. The van der Waals surface area contributed by atoms with Crippen molar-refractivity contribution >= 4 is 212 Å². The van der Waals surface area contributed by atoms with Crippen LogP contribution in [0.4, 0.5) is 51.2 Å². The van der Waals surface area contributed by atoms with Gasteiger partial charge in [0.05, 0.1) is 5.69 Å². The molecule has 2 bridgehead atoms. The Morgan fingerprint density at radius 2 is 0.958 bits per heavy atom. The van der Waals surface area contributed by atoms with Gasteiger partial charge in [0.1, 0.15) is 70.6 Å². The Hall–Kier alpha value is -5.35. The van der Waals surface area contributed by atoms with Crippen molar-refractivity contribution in [1.82, 2.24) is 0 Å². The molecule has 0 unspecified atom stereocenters. The van der Waals surface area contributed by atoms with Gasteiger partial charge in [-0.15, -0.1) is 32.8 Å². The van der Waals surface area contributed by atoms with Crippen molar-refractivity contribution < 1.29 is 0 Å². The van der Waals surface area contributed by atoms with Crippen molar-refractivity contribution in [2.24, 2.45) is 0 Å². The molecule has 14 heteroatoms. The van der Waals surface area contributed by atoms with E-state index in [-0.39, 0.29) is 77.8 Å². The zero-order chi connectivity index (χ0) is 50.9. The maximum Gasteiger partial charge on any atom is 0.252 e. The van der Waals surface area contributed by atoms with Crippen LogP contribution in [-0.2, 0) is 16.2 Å². The molecule has 0 N–H and O–H groups in total. The number of fused-ring (bicyclic) bond motifs is 9. The minimum Gasteiger partial charge on any atom is -0.313 e. The Balaban J connectivity index is 1.35. The molecular formula is C57H47B11N3. The van der Waals surface area contributed by atoms with E-state index >= 15 is 0 Å². The Morgan fingerprint density at radius 1 is 0.479 bits per heavy atom. The van der Waals surface area contributed by atoms with Gasteiger partial charge in [-0.25, -0.2) is 0 Å². The van der Waals surface area contributed by atoms with E-state index in [0.29, 0.717) is 16.8 Å². The Labute approximate surface area is 435 Å². The summed E-state index contributed by atoms with van der Waals surface area (Å²) in [6.45, 7) is 23.0. The van der Waals surface area contributed by atoms with E-state index in [1.165, 1.54) is 50.1 Å². The molecule has 0 saturated heterocycles. The second kappa shape index (κ2) is 16.1. The topological polar surface area (TPSA) is 9.72 Å². The van der Waals surface area contributed by atoms with E-state index in [2.05, 4.69) is 158 Å². The zero-order valence-electron chi connectivity index (χ0n) is 42.6. The summed E-state index contributed by atoms with van der Waals surface area (Å²) in [5.41, 5.74) is 21.1. The molecule has 0 atom stereocenters. The normalized spacial score (nSPS) is 15.8. The average Bonchev–Trinajstić information content (AvgIpc) is 3.32. The summed E-state index contributed by atoms with van der Waals surface area (Å²) in [5, 5.41) is 0. The summed E-state index contributed by atoms with van der Waals surface area (Å²) in [6, 6.07) is 29.4. The molecule has 19 radical (unpaired) electrons. The van der Waals surface area contributed by atoms with Gasteiger partial charge in [0.2, 0.25) is 0 Å². The van der Waals surface area contributed by atoms with Crippen LogP contribution in [0, 0.1) is 20.8 Å². The van der Waals surface area contributed by atoms with Crippen LogP contribution in [0.15, 0.2) is 78.9 Å². The second-order valence-electron chi connectivity index (χ2n) is 22.8. The molecule has 3 heterocycles. The van der Waals surface area contributed by atoms with Crippen LogP contribution < -0.4 is 91.2 Å². The van der Waals surface area contributed by atoms with Gasteiger partial charge in [0.25, 0.3) is 6.71 Å². The van der Waals surface area contributed by atoms with Crippen molar-refractivity contribution in [3.63, 3.8) is 0 Å². The van der Waals surface area contributed by atoms with Crippen LogP contribution in [0.2, 0.25) is 0 Å². The predicted octanol–water partition coefficient (Wildman–Crippen LogP) is 0.923. The molecule has 323 valence electrons. The summed E-state index contributed by atoms with van der Waals surface area (Å²) < 4.78 is 0. The number of nitrogens with zero attached hydrogens (tertiary/aromatic N) is 3. The van der Waals surface area contributed by atoms with Crippen LogP contribution >= 0.6 is 0 Å². The first-order valence-electron chi connectivity index (χ1n) is 24.5. The number of aryl methyl sites for hydroxylation is 3. The van der Waals surface area contributed by atoms with E-state index in [1.54, 1.807) is 0 Å². The van der Waals surface area contributed by atoms with Crippen molar-refractivity contribution in [2.75, 3.05) is 14.7 Å². The van der Waals surface area contributed by atoms with E-state index in [4.69, 9.17) is 70.6 Å². The Kier molecular flexibility index (Phi) is 10.9. The molecule has 7 aromatic rings. The van der Waals surface area contributed by atoms with Crippen molar-refractivity contribution in [3.8, 4) is 0 Å². The highest BCUT2D eigenvalue weighted by Crippen LogP contribution is 2.52. The second-order valence-corrected chi connectivity index (χ2v) is 22.8. The lowest BCUT2D eigenvalue weighted by atomic mass is 9.33. The molecule has 7 aromatic carbocycles. The van der Waals surface area contributed by atoms with Gasteiger partial charge in [-0.05, 0) is 130 Å². The maximum atomic E-state index is 7.18. The van der Waals surface area contributed by atoms with Gasteiger partial charge in [0, 0.05) is 45.5 Å². The molecular weight excluding hydrogens is 846 g/mol. The smallest absolute Gasteiger partial charge is 0.252 e. The monoisotopic (exact) mass is 894 g/mol. The third kappa shape index (κ3) is 6.84. The van der Waals surface area contributed by atoms with Gasteiger partial charge < -0.3 is 14.7 Å². The van der Waals surface area contributed by atoms with Crippen molar-refractivity contribution in [3.05, 3.63) is 112 Å². The zero-order valence-corrected chi connectivity index (χ0v) is 42.6. The van der Waals surface area contributed by atoms with Crippen LogP contribution in [0.1, 0.15) is 94.7 Å². The number of benzene rings is 7. The van der Waals surface area contributed by atoms with Crippen molar-refractivity contribution in [2.45, 2.75) is 98.3 Å². The number of anilines is 9. The maximum absolute atomic E-state index is 7.18. The van der Waals surface area contributed by atoms with Gasteiger partial charge in [-0.3, -0.25) is 0 Å². The highest BCUT2D eigenvalue weighted by Gasteiger charge is 2.48. The fraction of sp³-hybridized carbons (Fsp3) is 0.263. The lowest BCUT2D eigenvalue weighted by Crippen LogP contribution is -2.63. The minimum absolute atomic E-state index is 0.0374. The molecule has 0 saturated carbocycles. The first kappa shape index (κ1) is 48.0. The fourth-order valence-corrected chi connectivity index (χ4v) is 12.2. The minimum atomic E-state index is -0.251. The molecule has 3 aliphatic heterocycles. The summed E-state index contributed by atoms with van der Waals surface area (Å²) in [7, 11) is 63.8. The highest BCUT2D eigenvalue weighted by molar-refractivity contribution is 7.00. The summed E-state index contributed by atoms with van der Waals surface area (Å²) in [4.78, 5) is 6.91. The summed E-state index contributed by atoms with van der Waals surface area (Å²) in [5.74, 6) is 0. The fourth-order valence-electron chi connectivity index (χ4n) is 12.2. The van der Waals surface area contributed by atoms with Gasteiger partial charge >= 0.3 is 0 Å². The molecule has 0 fully saturated rings. The number of para-hydroxylation sites is 2. The molecule has 4 aliphatic rings. The van der Waals surface area contributed by atoms with Crippen LogP contribution in [0.25, 0.3) is 0 Å². The van der Waals surface area contributed by atoms with Crippen LogP contribution in [0.5, 0.6) is 0 Å². The highest BCUT2D eigenvalue weighted by atomic mass is 15.2. The molecule has 11 rings (SSSR count). The van der Waals surface area contributed by atoms with Crippen LogP contribution in [-0.4, -0.2) is 84.6 Å². The van der Waals surface area contributed by atoms with Gasteiger partial charge in [0.15, 0.2) is 7.28 Å². The molecule has 1 aliphatic carbocycles. The van der Waals surface area contributed by atoms with E-state index < -0.39 is 0 Å². The van der Waals surface area contributed by atoms with Crippen molar-refractivity contribution in [1.29, 1.82) is 0 Å². The van der Waals surface area contributed by atoms with Gasteiger partial charge in [-0.1, -0.05) is 124 Å². The van der Waals surface area contributed by atoms with E-state index in [0.717, 1.165) is 52.1 Å². The third-order valence-corrected chi connectivity index (χ3v) is 16.4. The molecule has 0 amide bonds. The predicted molar refractivity (Wildman–Crippen MR) is 317 cm³/mol. The molecule has 3 nitrogen and oxygen atoms in total. The molecule has 0 aromatic heterocycles. The average molecular weight is 893 g/mol. The van der Waals surface area contributed by atoms with E-state index in [1.807, 2.05) is 12.2 Å². The number of rotatable bonds is 2. The molecule has 71 heavy (non-hydrogen) atoms. The summed E-state index contributed by atoms with van der Waals surface area (Å²) in [6.07, 6.45) is 2.18. The van der Waals surface area contributed by atoms with Gasteiger partial charge in [-0.2, -0.15) is 0 Å². The first-order chi connectivity index (χ1) is 33.3. The largest absolute Gasteiger partial charge is 0.313 e. The Morgan fingerprint density at radius 3 is 1.54 bits per heavy atom. The summed E-state index contributed by atoms with van der Waals surface area (Å²) >= 11 is 0. The lowest BCUT2D eigenvalue weighted by Gasteiger charge is -2.49.